The number of carbonyl (C=O) groups is 2. The molecule has 4 heteroatoms. The van der Waals surface area contributed by atoms with E-state index in [1.54, 1.807) is 18.2 Å². The number of fused-ring (bicyclic) bond motifs is 1. The van der Waals surface area contributed by atoms with Crippen LogP contribution in [-0.4, -0.2) is 24.4 Å². The Morgan fingerprint density at radius 3 is 3.06 bits per heavy atom. The molecule has 0 bridgehead atoms. The molecule has 1 amide bonds. The van der Waals surface area contributed by atoms with Crippen LogP contribution in [0.1, 0.15) is 28.8 Å². The minimum atomic E-state index is -0.293. The SMILES string of the molecule is O=C1Cc2cc(C(=O)C3CCCO3)ccc2N1. The third-order valence-corrected chi connectivity index (χ3v) is 3.24. The Hall–Kier alpha value is -1.68. The molecule has 1 aromatic carbocycles. The molecule has 1 N–H and O–H groups in total. The van der Waals surface area contributed by atoms with Crippen molar-refractivity contribution in [3.63, 3.8) is 0 Å². The number of hydrogen-bond acceptors (Lipinski definition) is 3. The van der Waals surface area contributed by atoms with Crippen LogP contribution in [-0.2, 0) is 16.0 Å². The zero-order valence-corrected chi connectivity index (χ0v) is 9.36. The smallest absolute Gasteiger partial charge is 0.228 e. The van der Waals surface area contributed by atoms with Crippen LogP contribution in [0.15, 0.2) is 18.2 Å². The summed E-state index contributed by atoms with van der Waals surface area (Å²) >= 11 is 0. The average molecular weight is 231 g/mol. The fraction of sp³-hybridized carbons (Fsp3) is 0.385. The molecule has 17 heavy (non-hydrogen) atoms. The van der Waals surface area contributed by atoms with Gasteiger partial charge < -0.3 is 10.1 Å². The van der Waals surface area contributed by atoms with Gasteiger partial charge >= 0.3 is 0 Å². The van der Waals surface area contributed by atoms with Crippen LogP contribution in [0.5, 0.6) is 0 Å². The summed E-state index contributed by atoms with van der Waals surface area (Å²) < 4.78 is 5.38. The highest BCUT2D eigenvalue weighted by molar-refractivity contribution is 6.03. The average Bonchev–Trinajstić information content (AvgIpc) is 2.94. The fourth-order valence-electron chi connectivity index (χ4n) is 2.35. The van der Waals surface area contributed by atoms with E-state index in [0.717, 1.165) is 24.1 Å². The van der Waals surface area contributed by atoms with Crippen LogP contribution < -0.4 is 5.32 Å². The predicted octanol–water partition coefficient (Wildman–Crippen LogP) is 1.54. The van der Waals surface area contributed by atoms with E-state index in [9.17, 15) is 9.59 Å². The number of ether oxygens (including phenoxy) is 1. The van der Waals surface area contributed by atoms with Gasteiger partial charge in [0.15, 0.2) is 5.78 Å². The minimum absolute atomic E-state index is 0.0123. The van der Waals surface area contributed by atoms with Crippen LogP contribution >= 0.6 is 0 Å². The molecule has 4 nitrogen and oxygen atoms in total. The molecule has 3 rings (SSSR count). The molecule has 0 aliphatic carbocycles. The number of amides is 1. The first-order valence-electron chi connectivity index (χ1n) is 5.82. The van der Waals surface area contributed by atoms with Crippen molar-refractivity contribution in [3.05, 3.63) is 29.3 Å². The Labute approximate surface area is 99.0 Å². The predicted molar refractivity (Wildman–Crippen MR) is 62.1 cm³/mol. The van der Waals surface area contributed by atoms with Gasteiger partial charge in [-0.2, -0.15) is 0 Å². The second-order valence-electron chi connectivity index (χ2n) is 4.46. The molecule has 1 unspecified atom stereocenters. The summed E-state index contributed by atoms with van der Waals surface area (Å²) in [6.07, 6.45) is 1.81. The Kier molecular flexibility index (Phi) is 2.44. The molecule has 1 atom stereocenters. The zero-order chi connectivity index (χ0) is 11.8. The Balaban J connectivity index is 1.87. The van der Waals surface area contributed by atoms with Crippen molar-refractivity contribution in [2.45, 2.75) is 25.4 Å². The number of anilines is 1. The Morgan fingerprint density at radius 1 is 1.41 bits per heavy atom. The molecule has 2 aliphatic rings. The van der Waals surface area contributed by atoms with Gasteiger partial charge in [0.1, 0.15) is 6.10 Å². The van der Waals surface area contributed by atoms with Gasteiger partial charge in [-0.05, 0) is 36.6 Å². The number of ketones is 1. The van der Waals surface area contributed by atoms with Crippen molar-refractivity contribution in [3.8, 4) is 0 Å². The summed E-state index contributed by atoms with van der Waals surface area (Å²) in [4.78, 5) is 23.3. The van der Waals surface area contributed by atoms with Gasteiger partial charge in [0, 0.05) is 17.9 Å². The molecule has 0 spiro atoms. The second-order valence-corrected chi connectivity index (χ2v) is 4.46. The molecular formula is C13H13NO3. The number of benzene rings is 1. The lowest BCUT2D eigenvalue weighted by atomic mass is 10.0. The van der Waals surface area contributed by atoms with Gasteiger partial charge in [-0.1, -0.05) is 0 Å². The van der Waals surface area contributed by atoms with Gasteiger partial charge in [-0.15, -0.1) is 0 Å². The first-order chi connectivity index (χ1) is 8.24. The van der Waals surface area contributed by atoms with E-state index >= 15 is 0 Å². The van der Waals surface area contributed by atoms with Crippen molar-refractivity contribution in [2.75, 3.05) is 11.9 Å². The Bertz CT molecular complexity index is 489. The summed E-state index contributed by atoms with van der Waals surface area (Å²) in [6, 6.07) is 5.36. The van der Waals surface area contributed by atoms with Crippen LogP contribution in [0.2, 0.25) is 0 Å². The number of Topliss-reactive ketones (excluding diaryl/α,β-unsaturated/α-hetero) is 1. The van der Waals surface area contributed by atoms with Gasteiger partial charge in [-0.3, -0.25) is 9.59 Å². The third kappa shape index (κ3) is 1.85. The Morgan fingerprint density at radius 2 is 2.29 bits per heavy atom. The number of hydrogen-bond donors (Lipinski definition) is 1. The lowest BCUT2D eigenvalue weighted by Crippen LogP contribution is -2.19. The van der Waals surface area contributed by atoms with E-state index in [-0.39, 0.29) is 17.8 Å². The second kappa shape index (κ2) is 3.96. The van der Waals surface area contributed by atoms with E-state index in [1.807, 2.05) is 0 Å². The fourth-order valence-corrected chi connectivity index (χ4v) is 2.35. The lowest BCUT2D eigenvalue weighted by Gasteiger charge is -2.09. The van der Waals surface area contributed by atoms with Gasteiger partial charge in [0.25, 0.3) is 0 Å². The molecule has 88 valence electrons. The third-order valence-electron chi connectivity index (χ3n) is 3.24. The standard InChI is InChI=1S/C13H13NO3/c15-12-7-9-6-8(3-4-10(9)14-12)13(16)11-2-1-5-17-11/h3-4,6,11H,1-2,5,7H2,(H,14,15). The summed E-state index contributed by atoms with van der Waals surface area (Å²) in [5.41, 5.74) is 2.37. The molecule has 1 saturated heterocycles. The summed E-state index contributed by atoms with van der Waals surface area (Å²) in [5, 5.41) is 2.75. The van der Waals surface area contributed by atoms with Crippen LogP contribution in [0.4, 0.5) is 5.69 Å². The van der Waals surface area contributed by atoms with Crippen LogP contribution in [0.3, 0.4) is 0 Å². The van der Waals surface area contributed by atoms with Crippen molar-refractivity contribution >= 4 is 17.4 Å². The van der Waals surface area contributed by atoms with E-state index in [2.05, 4.69) is 5.32 Å². The summed E-state index contributed by atoms with van der Waals surface area (Å²) in [7, 11) is 0. The molecule has 2 heterocycles. The van der Waals surface area contributed by atoms with Crippen molar-refractivity contribution in [1.29, 1.82) is 0 Å². The van der Waals surface area contributed by atoms with E-state index in [1.165, 1.54) is 0 Å². The van der Waals surface area contributed by atoms with Crippen molar-refractivity contribution in [2.24, 2.45) is 0 Å². The topological polar surface area (TPSA) is 55.4 Å². The quantitative estimate of drug-likeness (QED) is 0.785. The number of nitrogens with one attached hydrogen (secondary N) is 1. The minimum Gasteiger partial charge on any atom is -0.370 e. The summed E-state index contributed by atoms with van der Waals surface area (Å²) in [6.45, 7) is 0.668. The molecule has 0 saturated carbocycles. The molecule has 1 fully saturated rings. The maximum absolute atomic E-state index is 12.1. The molecule has 1 aromatic rings. The largest absolute Gasteiger partial charge is 0.370 e. The van der Waals surface area contributed by atoms with E-state index in [0.29, 0.717) is 18.6 Å². The zero-order valence-electron chi connectivity index (χ0n) is 9.36. The molecular weight excluding hydrogens is 218 g/mol. The monoisotopic (exact) mass is 231 g/mol. The highest BCUT2D eigenvalue weighted by Crippen LogP contribution is 2.25. The van der Waals surface area contributed by atoms with Crippen LogP contribution in [0.25, 0.3) is 0 Å². The molecule has 0 radical (unpaired) electrons. The first kappa shape index (κ1) is 10.5. The van der Waals surface area contributed by atoms with Gasteiger partial charge in [-0.25, -0.2) is 0 Å². The maximum atomic E-state index is 12.1. The lowest BCUT2D eigenvalue weighted by molar-refractivity contribution is -0.115. The van der Waals surface area contributed by atoms with Gasteiger partial charge in [0.2, 0.25) is 5.91 Å². The number of rotatable bonds is 2. The van der Waals surface area contributed by atoms with Gasteiger partial charge in [0.05, 0.1) is 6.42 Å². The first-order valence-corrected chi connectivity index (χ1v) is 5.82. The van der Waals surface area contributed by atoms with E-state index < -0.39 is 0 Å². The maximum Gasteiger partial charge on any atom is 0.228 e. The number of carbonyl (C=O) groups excluding carboxylic acids is 2. The van der Waals surface area contributed by atoms with E-state index in [4.69, 9.17) is 4.74 Å². The van der Waals surface area contributed by atoms with Crippen molar-refractivity contribution in [1.82, 2.24) is 0 Å². The highest BCUT2D eigenvalue weighted by Gasteiger charge is 2.26. The molecule has 2 aliphatic heterocycles. The highest BCUT2D eigenvalue weighted by atomic mass is 16.5. The van der Waals surface area contributed by atoms with Crippen molar-refractivity contribution < 1.29 is 14.3 Å². The van der Waals surface area contributed by atoms with Crippen LogP contribution in [0, 0.1) is 0 Å². The summed E-state index contributed by atoms with van der Waals surface area (Å²) in [5.74, 6) is 0.0198. The normalized spacial score (nSPS) is 22.4. The molecule has 0 aromatic heterocycles.